The fourth-order valence-electron chi connectivity index (χ4n) is 2.25. The van der Waals surface area contributed by atoms with Gasteiger partial charge in [0.2, 0.25) is 0 Å². The van der Waals surface area contributed by atoms with Gasteiger partial charge in [0.1, 0.15) is 18.3 Å². The van der Waals surface area contributed by atoms with Crippen LogP contribution in [0.3, 0.4) is 0 Å². The predicted octanol–water partition coefficient (Wildman–Crippen LogP) is 0.370. The third-order valence-electron chi connectivity index (χ3n) is 3.23. The number of aliphatic hydroxyl groups is 1. The van der Waals surface area contributed by atoms with E-state index in [1.807, 2.05) is 0 Å². The van der Waals surface area contributed by atoms with Crippen LogP contribution in [0.2, 0.25) is 0 Å². The lowest BCUT2D eigenvalue weighted by atomic mass is 10.2. The van der Waals surface area contributed by atoms with Crippen LogP contribution in [0, 0.1) is 0 Å². The zero-order valence-corrected chi connectivity index (χ0v) is 9.61. The smallest absolute Gasteiger partial charge is 0.163 e. The average molecular weight is 255 g/mol. The zero-order valence-electron chi connectivity index (χ0n) is 9.61. The van der Waals surface area contributed by atoms with Crippen molar-refractivity contribution in [3.8, 4) is 0 Å². The summed E-state index contributed by atoms with van der Waals surface area (Å²) in [7, 11) is 0. The molecule has 0 spiro atoms. The van der Waals surface area contributed by atoms with Crippen molar-refractivity contribution in [3.63, 3.8) is 0 Å². The van der Waals surface area contributed by atoms with E-state index in [0.29, 0.717) is 16.6 Å². The minimum Gasteiger partial charge on any atom is -0.394 e. The SMILES string of the molecule is NC1c2ncn([C@H]3CC[C@@H](CO)O3)c2N=CN1F. The van der Waals surface area contributed by atoms with Gasteiger partial charge in [0.05, 0.1) is 19.0 Å². The molecule has 7 nitrogen and oxygen atoms in total. The molecule has 0 bridgehead atoms. The van der Waals surface area contributed by atoms with Gasteiger partial charge in [-0.1, -0.05) is 4.48 Å². The summed E-state index contributed by atoms with van der Waals surface area (Å²) in [4.78, 5) is 8.07. The van der Waals surface area contributed by atoms with Crippen LogP contribution in [0.15, 0.2) is 11.3 Å². The third kappa shape index (κ3) is 1.69. The van der Waals surface area contributed by atoms with Crippen LogP contribution in [0.4, 0.5) is 10.3 Å². The van der Waals surface area contributed by atoms with Crippen molar-refractivity contribution in [2.75, 3.05) is 6.61 Å². The average Bonchev–Trinajstić information content (AvgIpc) is 2.99. The largest absolute Gasteiger partial charge is 0.394 e. The molecule has 3 atom stereocenters. The van der Waals surface area contributed by atoms with Crippen molar-refractivity contribution < 1.29 is 14.3 Å². The molecule has 3 N–H and O–H groups in total. The number of fused-ring (bicyclic) bond motifs is 1. The number of nitrogens with zero attached hydrogens (tertiary/aromatic N) is 4. The molecule has 3 rings (SSSR count). The molecule has 3 heterocycles. The van der Waals surface area contributed by atoms with E-state index in [9.17, 15) is 4.48 Å². The highest BCUT2D eigenvalue weighted by Crippen LogP contribution is 2.36. The van der Waals surface area contributed by atoms with Gasteiger partial charge in [-0.15, -0.1) is 0 Å². The van der Waals surface area contributed by atoms with Gasteiger partial charge in [-0.3, -0.25) is 4.57 Å². The topological polar surface area (TPSA) is 88.9 Å². The van der Waals surface area contributed by atoms with Crippen molar-refractivity contribution in [3.05, 3.63) is 12.0 Å². The van der Waals surface area contributed by atoms with E-state index in [1.54, 1.807) is 10.9 Å². The first-order valence-corrected chi connectivity index (χ1v) is 5.77. The Kier molecular flexibility index (Phi) is 2.77. The summed E-state index contributed by atoms with van der Waals surface area (Å²) < 4.78 is 20.6. The monoisotopic (exact) mass is 255 g/mol. The van der Waals surface area contributed by atoms with E-state index < -0.39 is 6.17 Å². The molecule has 2 aliphatic rings. The van der Waals surface area contributed by atoms with Gasteiger partial charge in [-0.2, -0.15) is 5.12 Å². The summed E-state index contributed by atoms with van der Waals surface area (Å²) in [6, 6.07) is 0. The Morgan fingerprint density at radius 2 is 2.39 bits per heavy atom. The molecule has 98 valence electrons. The molecule has 0 aliphatic carbocycles. The molecular formula is C10H14FN5O2. The standard InChI is InChI=1S/C10H14FN5O2/c11-16-5-14-10-8(9(16)12)13-4-15(10)7-2-1-6(3-17)18-7/h4-7,9,17H,1-3,12H2/t6-,7+,9?/m0/s1. The van der Waals surface area contributed by atoms with E-state index in [-0.39, 0.29) is 18.9 Å². The maximum Gasteiger partial charge on any atom is 0.163 e. The van der Waals surface area contributed by atoms with Crippen LogP contribution in [-0.2, 0) is 4.74 Å². The number of ether oxygens (including phenoxy) is 1. The lowest BCUT2D eigenvalue weighted by Crippen LogP contribution is -2.29. The Hall–Kier alpha value is -1.51. The predicted molar refractivity (Wildman–Crippen MR) is 60.5 cm³/mol. The Balaban J connectivity index is 1.89. The number of hydrogen-bond donors (Lipinski definition) is 2. The summed E-state index contributed by atoms with van der Waals surface area (Å²) in [5.74, 6) is 0.514. The zero-order chi connectivity index (χ0) is 12.7. The molecule has 1 aromatic rings. The second-order valence-electron chi connectivity index (χ2n) is 4.37. The van der Waals surface area contributed by atoms with Gasteiger partial charge < -0.3 is 15.6 Å². The van der Waals surface area contributed by atoms with Gasteiger partial charge in [0.15, 0.2) is 12.0 Å². The van der Waals surface area contributed by atoms with Crippen molar-refractivity contribution >= 4 is 12.2 Å². The molecule has 8 heteroatoms. The summed E-state index contributed by atoms with van der Waals surface area (Å²) in [6.07, 6.45) is 2.79. The highest BCUT2D eigenvalue weighted by Gasteiger charge is 2.32. The van der Waals surface area contributed by atoms with Crippen molar-refractivity contribution in [2.45, 2.75) is 31.3 Å². The number of rotatable bonds is 2. The van der Waals surface area contributed by atoms with E-state index >= 15 is 0 Å². The fraction of sp³-hybridized carbons (Fsp3) is 0.600. The molecule has 1 fully saturated rings. The highest BCUT2D eigenvalue weighted by atomic mass is 19.2. The van der Waals surface area contributed by atoms with Crippen LogP contribution in [-0.4, -0.2) is 38.8 Å². The Bertz CT molecular complexity index is 477. The summed E-state index contributed by atoms with van der Waals surface area (Å²) in [5, 5.41) is 9.35. The Morgan fingerprint density at radius 3 is 3.11 bits per heavy atom. The quantitative estimate of drug-likeness (QED) is 0.745. The normalized spacial score (nSPS) is 30.8. The number of aromatic nitrogens is 2. The van der Waals surface area contributed by atoms with Crippen molar-refractivity contribution in [2.24, 2.45) is 10.7 Å². The number of hydrogen-bond acceptors (Lipinski definition) is 6. The molecule has 1 saturated heterocycles. The van der Waals surface area contributed by atoms with Crippen molar-refractivity contribution in [1.82, 2.24) is 14.7 Å². The number of nitrogens with two attached hydrogens (primary N) is 1. The molecule has 18 heavy (non-hydrogen) atoms. The minimum absolute atomic E-state index is 0.00553. The lowest BCUT2D eigenvalue weighted by molar-refractivity contribution is -0.0218. The Labute approximate surface area is 103 Å². The molecule has 0 aromatic carbocycles. The first-order chi connectivity index (χ1) is 8.70. The molecule has 0 saturated carbocycles. The second-order valence-corrected chi connectivity index (χ2v) is 4.37. The second kappa shape index (κ2) is 4.30. The first kappa shape index (κ1) is 11.6. The van der Waals surface area contributed by atoms with E-state index in [0.717, 1.165) is 19.2 Å². The number of aliphatic hydroxyl groups excluding tert-OH is 1. The summed E-state index contributed by atoms with van der Waals surface area (Å²) in [6.45, 7) is -0.00553. The van der Waals surface area contributed by atoms with Gasteiger partial charge in [0, 0.05) is 0 Å². The van der Waals surface area contributed by atoms with Gasteiger partial charge >= 0.3 is 0 Å². The van der Waals surface area contributed by atoms with E-state index in [1.165, 1.54) is 0 Å². The third-order valence-corrected chi connectivity index (χ3v) is 3.23. The highest BCUT2D eigenvalue weighted by molar-refractivity contribution is 5.64. The summed E-state index contributed by atoms with van der Waals surface area (Å²) in [5.41, 5.74) is 6.04. The van der Waals surface area contributed by atoms with Crippen LogP contribution in [0.25, 0.3) is 0 Å². The number of halogens is 1. The Morgan fingerprint density at radius 1 is 1.56 bits per heavy atom. The molecule has 0 radical (unpaired) electrons. The number of imidazole rings is 1. The number of aliphatic imine (C=N–C) groups is 1. The lowest BCUT2D eigenvalue weighted by Gasteiger charge is -2.21. The molecule has 2 aliphatic heterocycles. The van der Waals surface area contributed by atoms with E-state index in [4.69, 9.17) is 15.6 Å². The van der Waals surface area contributed by atoms with Crippen molar-refractivity contribution in [1.29, 1.82) is 0 Å². The summed E-state index contributed by atoms with van der Waals surface area (Å²) >= 11 is 0. The van der Waals surface area contributed by atoms with Crippen LogP contribution in [0.5, 0.6) is 0 Å². The molecule has 1 unspecified atom stereocenters. The maximum absolute atomic E-state index is 13.2. The molecule has 0 amide bonds. The fourth-order valence-corrected chi connectivity index (χ4v) is 2.25. The molecular weight excluding hydrogens is 241 g/mol. The van der Waals surface area contributed by atoms with Gasteiger partial charge in [-0.25, -0.2) is 9.98 Å². The maximum atomic E-state index is 13.2. The van der Waals surface area contributed by atoms with Crippen LogP contribution >= 0.6 is 0 Å². The van der Waals surface area contributed by atoms with Crippen LogP contribution in [0.1, 0.15) is 30.9 Å². The van der Waals surface area contributed by atoms with Crippen LogP contribution < -0.4 is 5.73 Å². The van der Waals surface area contributed by atoms with Gasteiger partial charge in [-0.05, 0) is 12.8 Å². The van der Waals surface area contributed by atoms with E-state index in [2.05, 4.69) is 9.98 Å². The first-order valence-electron chi connectivity index (χ1n) is 5.77. The van der Waals surface area contributed by atoms with Gasteiger partial charge in [0.25, 0.3) is 0 Å². The molecule has 1 aromatic heterocycles. The minimum atomic E-state index is -0.936.